The van der Waals surface area contributed by atoms with Gasteiger partial charge in [-0.05, 0) is 67.5 Å². The number of fused-ring (bicyclic) bond motifs is 11. The molecule has 2 aromatic carbocycles. The third-order valence-corrected chi connectivity index (χ3v) is 9.84. The van der Waals surface area contributed by atoms with Crippen LogP contribution in [0.2, 0.25) is 0 Å². The van der Waals surface area contributed by atoms with Gasteiger partial charge in [0.25, 0.3) is 16.0 Å². The summed E-state index contributed by atoms with van der Waals surface area (Å²) in [5.41, 5.74) is 5.44. The highest BCUT2D eigenvalue weighted by molar-refractivity contribution is 7.86. The Labute approximate surface area is 330 Å². The number of amides is 5. The number of anilines is 1. The SMILES string of the molecule is CC(C)CC1C(=O)NC(C(=O)NCC(=O)NCCCNC(=O)c2ccc(NN=Cc3ccccc3S(=O)(=O)O)nc2)Cc2ccc(cc2)OCCCC1C(=O)NO. The average Bonchev–Trinajstić information content (AvgIpc) is 3.18. The van der Waals surface area contributed by atoms with Gasteiger partial charge in [0.1, 0.15) is 22.5 Å². The van der Waals surface area contributed by atoms with Gasteiger partial charge in [0, 0.05) is 37.2 Å². The third-order valence-electron chi connectivity index (χ3n) is 8.91. The summed E-state index contributed by atoms with van der Waals surface area (Å²) in [5, 5.41) is 24.2. The predicted molar refractivity (Wildman–Crippen MR) is 208 cm³/mol. The van der Waals surface area contributed by atoms with Crippen molar-refractivity contribution in [3.05, 3.63) is 83.6 Å². The number of hydroxylamine groups is 1. The number of hydrazone groups is 1. The first-order valence-electron chi connectivity index (χ1n) is 18.4. The molecule has 0 radical (unpaired) electrons. The average molecular weight is 809 g/mol. The molecular formula is C38H48N8O10S. The van der Waals surface area contributed by atoms with Crippen molar-refractivity contribution in [2.45, 2.75) is 56.9 Å². The van der Waals surface area contributed by atoms with Crippen LogP contribution in [0.1, 0.15) is 61.0 Å². The minimum atomic E-state index is -4.43. The van der Waals surface area contributed by atoms with E-state index in [1.807, 2.05) is 13.8 Å². The number of carbonyl (C=O) groups excluding carboxylic acids is 5. The van der Waals surface area contributed by atoms with Crippen molar-refractivity contribution in [3.63, 3.8) is 0 Å². The lowest BCUT2D eigenvalue weighted by Crippen LogP contribution is -2.53. The van der Waals surface area contributed by atoms with E-state index in [0.717, 1.165) is 5.56 Å². The highest BCUT2D eigenvalue weighted by Crippen LogP contribution is 2.27. The summed E-state index contributed by atoms with van der Waals surface area (Å²) in [7, 11) is -4.43. The van der Waals surface area contributed by atoms with E-state index < -0.39 is 57.5 Å². The third kappa shape index (κ3) is 14.0. The van der Waals surface area contributed by atoms with Gasteiger partial charge >= 0.3 is 0 Å². The molecule has 3 unspecified atom stereocenters. The zero-order valence-electron chi connectivity index (χ0n) is 31.6. The summed E-state index contributed by atoms with van der Waals surface area (Å²) in [6.45, 7) is 4.15. The molecule has 5 amide bonds. The number of rotatable bonds is 15. The molecule has 0 saturated carbocycles. The normalized spacial score (nSPS) is 17.5. The second-order valence-corrected chi connectivity index (χ2v) is 15.1. The Bertz CT molecular complexity index is 1990. The molecule has 0 fully saturated rings. The van der Waals surface area contributed by atoms with Crippen LogP contribution in [0, 0.1) is 17.8 Å². The minimum Gasteiger partial charge on any atom is -0.494 e. The first-order valence-corrected chi connectivity index (χ1v) is 19.8. The standard InChI is InChI=1S/C38H48N8O10S/c1-24(2)19-30-29(37(50)46-52)8-5-18-56-28-13-10-25(11-14-28)20-31(44-36(30)49)38(51)42-23-34(47)39-16-6-17-40-35(48)27-12-15-33(41-21-27)45-43-22-26-7-3-4-9-32(26)57(53,54)55/h3-4,7,9-15,21-22,24,29-31,52H,5-6,8,16-20,23H2,1-2H3,(H,39,47)(H,40,48)(H,41,45)(H,42,51)(H,44,49)(H,46,50)(H,53,54,55). The number of pyridine rings is 1. The molecule has 0 aliphatic carbocycles. The Morgan fingerprint density at radius 3 is 2.42 bits per heavy atom. The number of aromatic nitrogens is 1. The summed E-state index contributed by atoms with van der Waals surface area (Å²) < 4.78 is 38.2. The number of nitrogens with zero attached hydrogens (tertiary/aromatic N) is 2. The van der Waals surface area contributed by atoms with Crippen LogP contribution in [-0.4, -0.2) is 91.2 Å². The molecule has 19 heteroatoms. The Morgan fingerprint density at radius 2 is 1.74 bits per heavy atom. The van der Waals surface area contributed by atoms with Crippen LogP contribution in [0.5, 0.6) is 5.75 Å². The number of hydrogen-bond donors (Lipinski definition) is 8. The van der Waals surface area contributed by atoms with Gasteiger partial charge in [-0.2, -0.15) is 13.5 Å². The van der Waals surface area contributed by atoms with E-state index in [1.54, 1.807) is 35.8 Å². The molecule has 0 saturated heterocycles. The van der Waals surface area contributed by atoms with Crippen molar-refractivity contribution < 1.29 is 46.9 Å². The second-order valence-electron chi connectivity index (χ2n) is 13.7. The number of nitrogens with one attached hydrogen (secondary N) is 6. The van der Waals surface area contributed by atoms with E-state index in [4.69, 9.17) is 4.74 Å². The summed E-state index contributed by atoms with van der Waals surface area (Å²) in [5.74, 6) is -3.53. The Balaban J connectivity index is 1.25. The lowest BCUT2D eigenvalue weighted by molar-refractivity contribution is -0.142. The van der Waals surface area contributed by atoms with Crippen molar-refractivity contribution in [2.75, 3.05) is 31.7 Å². The van der Waals surface area contributed by atoms with Crippen molar-refractivity contribution in [1.82, 2.24) is 31.7 Å². The molecule has 2 aliphatic heterocycles. The van der Waals surface area contributed by atoms with E-state index in [1.165, 1.54) is 42.7 Å². The topological polar surface area (TPSA) is 267 Å². The van der Waals surface area contributed by atoms with Gasteiger partial charge in [0.2, 0.25) is 23.6 Å². The molecule has 0 spiro atoms. The van der Waals surface area contributed by atoms with Crippen LogP contribution < -0.4 is 36.9 Å². The van der Waals surface area contributed by atoms with Gasteiger partial charge in [-0.3, -0.25) is 39.2 Å². The molecule has 3 aromatic rings. The van der Waals surface area contributed by atoms with Crippen LogP contribution in [0.15, 0.2) is 76.9 Å². The highest BCUT2D eigenvalue weighted by atomic mass is 32.2. The molecule has 2 bridgehead atoms. The number of hydrogen-bond acceptors (Lipinski definition) is 12. The van der Waals surface area contributed by atoms with Gasteiger partial charge in [-0.25, -0.2) is 10.5 Å². The smallest absolute Gasteiger partial charge is 0.295 e. The Morgan fingerprint density at radius 1 is 1.00 bits per heavy atom. The van der Waals surface area contributed by atoms with E-state index >= 15 is 0 Å². The number of benzene rings is 2. The molecular weight excluding hydrogens is 761 g/mol. The molecule has 2 aliphatic rings. The predicted octanol–water partition coefficient (Wildman–Crippen LogP) is 1.81. The summed E-state index contributed by atoms with van der Waals surface area (Å²) in [6, 6.07) is 14.7. The summed E-state index contributed by atoms with van der Waals surface area (Å²) >= 11 is 0. The van der Waals surface area contributed by atoms with E-state index in [9.17, 15) is 42.2 Å². The molecule has 3 atom stereocenters. The lowest BCUT2D eigenvalue weighted by Gasteiger charge is -2.28. The van der Waals surface area contributed by atoms with Crippen LogP contribution >= 0.6 is 0 Å². The highest BCUT2D eigenvalue weighted by Gasteiger charge is 2.36. The van der Waals surface area contributed by atoms with Gasteiger partial charge in [0.05, 0.1) is 30.8 Å². The largest absolute Gasteiger partial charge is 0.494 e. The maximum absolute atomic E-state index is 13.7. The second kappa shape index (κ2) is 21.4. The van der Waals surface area contributed by atoms with Gasteiger partial charge < -0.3 is 26.0 Å². The minimum absolute atomic E-state index is 0.0239. The summed E-state index contributed by atoms with van der Waals surface area (Å²) in [4.78, 5) is 68.8. The van der Waals surface area contributed by atoms with Crippen LogP contribution in [-0.2, 0) is 35.7 Å². The molecule has 306 valence electrons. The molecule has 18 nitrogen and oxygen atoms in total. The van der Waals surface area contributed by atoms with E-state index in [2.05, 4.69) is 36.8 Å². The Kier molecular flexibility index (Phi) is 16.4. The molecule has 5 rings (SSSR count). The molecule has 3 heterocycles. The quantitative estimate of drug-likeness (QED) is 0.0359. The molecule has 8 N–H and O–H groups in total. The maximum atomic E-state index is 13.7. The van der Waals surface area contributed by atoms with Crippen LogP contribution in [0.3, 0.4) is 0 Å². The lowest BCUT2D eigenvalue weighted by atomic mass is 9.81. The van der Waals surface area contributed by atoms with Gasteiger partial charge in [-0.1, -0.05) is 44.2 Å². The first kappa shape index (κ1) is 43.8. The molecule has 57 heavy (non-hydrogen) atoms. The van der Waals surface area contributed by atoms with E-state index in [-0.39, 0.29) is 60.2 Å². The fourth-order valence-corrected chi connectivity index (χ4v) is 6.73. The van der Waals surface area contributed by atoms with Gasteiger partial charge in [-0.15, -0.1) is 0 Å². The zero-order valence-corrected chi connectivity index (χ0v) is 32.4. The maximum Gasteiger partial charge on any atom is 0.295 e. The number of ether oxygens (including phenoxy) is 1. The Hall–Kier alpha value is -5.92. The fourth-order valence-electron chi connectivity index (χ4n) is 6.06. The molecule has 1 aromatic heterocycles. The number of carbonyl (C=O) groups is 5. The van der Waals surface area contributed by atoms with Crippen molar-refractivity contribution >= 4 is 51.7 Å². The zero-order chi connectivity index (χ0) is 41.4. The van der Waals surface area contributed by atoms with Crippen molar-refractivity contribution in [1.29, 1.82) is 0 Å². The van der Waals surface area contributed by atoms with Crippen molar-refractivity contribution in [2.24, 2.45) is 22.9 Å². The van der Waals surface area contributed by atoms with Crippen LogP contribution in [0.25, 0.3) is 0 Å². The fraction of sp³-hybridized carbons (Fsp3) is 0.395. The first-order chi connectivity index (χ1) is 27.2. The van der Waals surface area contributed by atoms with E-state index in [0.29, 0.717) is 31.6 Å². The monoisotopic (exact) mass is 808 g/mol. The van der Waals surface area contributed by atoms with Gasteiger partial charge in [0.15, 0.2) is 0 Å². The van der Waals surface area contributed by atoms with Crippen molar-refractivity contribution in [3.8, 4) is 5.75 Å². The van der Waals surface area contributed by atoms with Crippen LogP contribution in [0.4, 0.5) is 5.82 Å². The summed E-state index contributed by atoms with van der Waals surface area (Å²) in [6.07, 6.45) is 4.02.